The van der Waals surface area contributed by atoms with Gasteiger partial charge in [-0.2, -0.15) is 13.2 Å². The second kappa shape index (κ2) is 5.63. The van der Waals surface area contributed by atoms with Gasteiger partial charge in [-0.05, 0) is 26.0 Å². The van der Waals surface area contributed by atoms with Crippen LogP contribution in [0.4, 0.5) is 24.8 Å². The topological polar surface area (TPSA) is 63.0 Å². The summed E-state index contributed by atoms with van der Waals surface area (Å²) in [6.45, 7) is 3.81. The minimum Gasteiger partial charge on any atom is -0.373 e. The first-order valence-corrected chi connectivity index (χ1v) is 6.24. The van der Waals surface area contributed by atoms with Crippen LogP contribution in [0.2, 0.25) is 0 Å². The smallest absolute Gasteiger partial charge is 0.373 e. The van der Waals surface area contributed by atoms with Crippen molar-refractivity contribution in [3.63, 3.8) is 0 Å². The molecule has 0 saturated heterocycles. The van der Waals surface area contributed by atoms with Crippen molar-refractivity contribution in [3.8, 4) is 0 Å². The Morgan fingerprint density at radius 3 is 2.38 bits per heavy atom. The van der Waals surface area contributed by atoms with Crippen LogP contribution in [0.15, 0.2) is 16.7 Å². The average Bonchev–Trinajstić information content (AvgIpc) is 2.74. The van der Waals surface area contributed by atoms with E-state index in [1.807, 2.05) is 0 Å². The summed E-state index contributed by atoms with van der Waals surface area (Å²) in [5.41, 5.74) is 0.740. The molecule has 0 unspecified atom stereocenters. The Morgan fingerprint density at radius 1 is 1.19 bits per heavy atom. The number of hydrogen-bond acceptors (Lipinski definition) is 5. The van der Waals surface area contributed by atoms with E-state index in [2.05, 4.69) is 20.8 Å². The fourth-order valence-corrected chi connectivity index (χ4v) is 1.85. The van der Waals surface area contributed by atoms with Crippen molar-refractivity contribution in [2.24, 2.45) is 0 Å². The van der Waals surface area contributed by atoms with Crippen molar-refractivity contribution >= 4 is 11.6 Å². The van der Waals surface area contributed by atoms with Crippen LogP contribution >= 0.6 is 0 Å². The van der Waals surface area contributed by atoms with Gasteiger partial charge in [0.15, 0.2) is 0 Å². The predicted molar refractivity (Wildman–Crippen MR) is 72.1 cm³/mol. The molecule has 114 valence electrons. The van der Waals surface area contributed by atoms with E-state index in [4.69, 9.17) is 4.52 Å². The number of aryl methyl sites for hydroxylation is 2. The van der Waals surface area contributed by atoms with Crippen LogP contribution in [0.25, 0.3) is 0 Å². The number of nitrogens with one attached hydrogen (secondary N) is 2. The Morgan fingerprint density at radius 2 is 1.86 bits per heavy atom. The molecule has 0 aliphatic carbocycles. The summed E-state index contributed by atoms with van der Waals surface area (Å²) in [4.78, 5) is 4.05. The highest BCUT2D eigenvalue weighted by Gasteiger charge is 2.31. The molecule has 0 aliphatic heterocycles. The van der Waals surface area contributed by atoms with Crippen molar-refractivity contribution in [1.82, 2.24) is 10.1 Å². The zero-order valence-corrected chi connectivity index (χ0v) is 11.8. The maximum atomic E-state index is 12.8. The van der Waals surface area contributed by atoms with Crippen LogP contribution in [0.5, 0.6) is 0 Å². The van der Waals surface area contributed by atoms with Crippen molar-refractivity contribution < 1.29 is 17.7 Å². The highest BCUT2D eigenvalue weighted by atomic mass is 19.4. The average molecular weight is 300 g/mol. The van der Waals surface area contributed by atoms with E-state index in [1.165, 1.54) is 7.05 Å². The lowest BCUT2D eigenvalue weighted by Crippen LogP contribution is -2.10. The summed E-state index contributed by atoms with van der Waals surface area (Å²) >= 11 is 0. The molecule has 2 aromatic heterocycles. The van der Waals surface area contributed by atoms with Crippen LogP contribution in [0.1, 0.15) is 22.6 Å². The van der Waals surface area contributed by atoms with Gasteiger partial charge in [0.1, 0.15) is 17.4 Å². The molecular weight excluding hydrogens is 285 g/mol. The molecule has 5 nitrogen and oxygen atoms in total. The maximum Gasteiger partial charge on any atom is 0.416 e. The maximum absolute atomic E-state index is 12.8. The minimum atomic E-state index is -4.42. The summed E-state index contributed by atoms with van der Waals surface area (Å²) in [5.74, 6) is 0.904. The van der Waals surface area contributed by atoms with Gasteiger partial charge >= 0.3 is 6.18 Å². The second-order valence-electron chi connectivity index (χ2n) is 4.53. The van der Waals surface area contributed by atoms with Gasteiger partial charge in [0.25, 0.3) is 0 Å². The standard InChI is InChI=1S/C13H15F3N4O/c1-7-10(8(2)21-20-7)6-18-12-5-9(13(14,15)16)4-11(17-3)19-12/h4-5H,6H2,1-3H3,(H2,17,18,19). The number of anilines is 2. The summed E-state index contributed by atoms with van der Waals surface area (Å²) in [7, 11) is 1.51. The Balaban J connectivity index is 2.24. The molecule has 0 aliphatic rings. The highest BCUT2D eigenvalue weighted by molar-refractivity contribution is 5.50. The van der Waals surface area contributed by atoms with Crippen molar-refractivity contribution in [2.75, 3.05) is 17.7 Å². The third-order valence-corrected chi connectivity index (χ3v) is 3.04. The lowest BCUT2D eigenvalue weighted by molar-refractivity contribution is -0.137. The van der Waals surface area contributed by atoms with Crippen molar-refractivity contribution in [1.29, 1.82) is 0 Å². The van der Waals surface area contributed by atoms with E-state index in [0.29, 0.717) is 18.0 Å². The number of aromatic nitrogens is 2. The Labute approximate surface area is 119 Å². The number of rotatable bonds is 4. The van der Waals surface area contributed by atoms with E-state index >= 15 is 0 Å². The van der Waals surface area contributed by atoms with Crippen molar-refractivity contribution in [2.45, 2.75) is 26.6 Å². The molecular formula is C13H15F3N4O. The van der Waals surface area contributed by atoms with Gasteiger partial charge in [0, 0.05) is 19.2 Å². The molecule has 8 heteroatoms. The molecule has 2 aromatic rings. The molecule has 0 radical (unpaired) electrons. The van der Waals surface area contributed by atoms with Crippen LogP contribution in [-0.2, 0) is 12.7 Å². The molecule has 0 bridgehead atoms. The fraction of sp³-hybridized carbons (Fsp3) is 0.385. The van der Waals surface area contributed by atoms with Gasteiger partial charge < -0.3 is 15.2 Å². The first-order valence-electron chi connectivity index (χ1n) is 6.24. The van der Waals surface area contributed by atoms with Gasteiger partial charge in [-0.25, -0.2) is 4.98 Å². The Hall–Kier alpha value is -2.25. The summed E-state index contributed by atoms with van der Waals surface area (Å²) in [5, 5.41) is 9.27. The van der Waals surface area contributed by atoms with Crippen LogP contribution in [0.3, 0.4) is 0 Å². The fourth-order valence-electron chi connectivity index (χ4n) is 1.85. The molecule has 0 spiro atoms. The van der Waals surface area contributed by atoms with Gasteiger partial charge in [0.2, 0.25) is 0 Å². The SMILES string of the molecule is CNc1cc(C(F)(F)F)cc(NCc2c(C)noc2C)n1. The van der Waals surface area contributed by atoms with Crippen molar-refractivity contribution in [3.05, 3.63) is 34.7 Å². The highest BCUT2D eigenvalue weighted by Crippen LogP contribution is 2.32. The van der Waals surface area contributed by atoms with E-state index in [1.54, 1.807) is 13.8 Å². The number of nitrogens with zero attached hydrogens (tertiary/aromatic N) is 2. The van der Waals surface area contributed by atoms with Crippen LogP contribution in [-0.4, -0.2) is 17.2 Å². The molecule has 21 heavy (non-hydrogen) atoms. The lowest BCUT2D eigenvalue weighted by Gasteiger charge is -2.12. The third-order valence-electron chi connectivity index (χ3n) is 3.04. The molecule has 0 atom stereocenters. The zero-order valence-electron chi connectivity index (χ0n) is 11.8. The van der Waals surface area contributed by atoms with Gasteiger partial charge in [-0.15, -0.1) is 0 Å². The van der Waals surface area contributed by atoms with Gasteiger partial charge in [0.05, 0.1) is 11.3 Å². The van der Waals surface area contributed by atoms with Gasteiger partial charge in [-0.3, -0.25) is 0 Å². The van der Waals surface area contributed by atoms with E-state index in [0.717, 1.165) is 17.7 Å². The zero-order chi connectivity index (χ0) is 15.6. The van der Waals surface area contributed by atoms with Crippen LogP contribution < -0.4 is 10.6 Å². The van der Waals surface area contributed by atoms with E-state index in [9.17, 15) is 13.2 Å². The molecule has 0 amide bonds. The number of pyridine rings is 1. The Bertz CT molecular complexity index is 617. The number of alkyl halides is 3. The molecule has 0 fully saturated rings. The lowest BCUT2D eigenvalue weighted by atomic mass is 10.2. The molecule has 2 N–H and O–H groups in total. The number of halogens is 3. The summed E-state index contributed by atoms with van der Waals surface area (Å²) < 4.78 is 43.5. The second-order valence-corrected chi connectivity index (χ2v) is 4.53. The number of hydrogen-bond donors (Lipinski definition) is 2. The summed E-state index contributed by atoms with van der Waals surface area (Å²) in [6, 6.07) is 1.93. The molecule has 0 saturated carbocycles. The first-order chi connectivity index (χ1) is 9.81. The molecule has 0 aromatic carbocycles. The minimum absolute atomic E-state index is 0.133. The quantitative estimate of drug-likeness (QED) is 0.906. The van der Waals surface area contributed by atoms with E-state index in [-0.39, 0.29) is 11.6 Å². The summed E-state index contributed by atoms with van der Waals surface area (Å²) in [6.07, 6.45) is -4.42. The predicted octanol–water partition coefficient (Wildman–Crippen LogP) is 3.36. The normalized spacial score (nSPS) is 11.5. The third kappa shape index (κ3) is 3.45. The van der Waals surface area contributed by atoms with Gasteiger partial charge in [-0.1, -0.05) is 5.16 Å². The monoisotopic (exact) mass is 300 g/mol. The molecule has 2 rings (SSSR count). The Kier molecular flexibility index (Phi) is 4.06. The molecule has 2 heterocycles. The van der Waals surface area contributed by atoms with Crippen LogP contribution in [0, 0.1) is 13.8 Å². The van der Waals surface area contributed by atoms with E-state index < -0.39 is 11.7 Å². The largest absolute Gasteiger partial charge is 0.416 e. The first kappa shape index (κ1) is 15.1.